The number of rotatable bonds is 5. The van der Waals surface area contributed by atoms with Gasteiger partial charge in [0.2, 0.25) is 0 Å². The third-order valence-electron chi connectivity index (χ3n) is 5.36. The van der Waals surface area contributed by atoms with E-state index >= 15 is 0 Å². The Hall–Kier alpha value is -4.79. The van der Waals surface area contributed by atoms with Crippen LogP contribution >= 0.6 is 0 Å². The van der Waals surface area contributed by atoms with E-state index in [1.165, 1.54) is 0 Å². The van der Waals surface area contributed by atoms with E-state index in [0.717, 1.165) is 22.0 Å². The van der Waals surface area contributed by atoms with Gasteiger partial charge in [-0.15, -0.1) is 0 Å². The van der Waals surface area contributed by atoms with E-state index in [1.54, 1.807) is 41.3 Å². The van der Waals surface area contributed by atoms with Gasteiger partial charge in [-0.25, -0.2) is 9.97 Å². The quantitative estimate of drug-likeness (QED) is 0.373. The van der Waals surface area contributed by atoms with Crippen molar-refractivity contribution in [1.29, 1.82) is 0 Å². The van der Waals surface area contributed by atoms with Crippen LogP contribution in [0.4, 0.5) is 5.82 Å². The molecule has 0 atom stereocenters. The van der Waals surface area contributed by atoms with Crippen LogP contribution in [-0.2, 0) is 13.6 Å². The minimum absolute atomic E-state index is 0.00932. The summed E-state index contributed by atoms with van der Waals surface area (Å²) in [6.07, 6.45) is 3.54. The van der Waals surface area contributed by atoms with Crippen molar-refractivity contribution in [3.8, 4) is 28.4 Å². The number of hydrogen-bond acceptors (Lipinski definition) is 7. The van der Waals surface area contributed by atoms with Gasteiger partial charge < -0.3 is 16.2 Å². The summed E-state index contributed by atoms with van der Waals surface area (Å²) in [4.78, 5) is 26.5. The summed E-state index contributed by atoms with van der Waals surface area (Å²) in [5.74, 6) is -0.282. The molecule has 0 aliphatic carbocycles. The van der Waals surface area contributed by atoms with Crippen molar-refractivity contribution in [3.63, 3.8) is 0 Å². The number of nitrogens with one attached hydrogen (secondary N) is 1. The molecule has 5 aromatic rings. The Morgan fingerprint density at radius 1 is 1.06 bits per heavy atom. The molecule has 0 aliphatic rings. The van der Waals surface area contributed by atoms with Crippen molar-refractivity contribution in [3.05, 3.63) is 84.3 Å². The van der Waals surface area contributed by atoms with Gasteiger partial charge in [-0.05, 0) is 42.0 Å². The van der Waals surface area contributed by atoms with Crippen LogP contribution in [0.3, 0.4) is 0 Å². The fraction of sp³-hybridized carbons (Fsp3) is 0.0800. The molecule has 0 spiro atoms. The summed E-state index contributed by atoms with van der Waals surface area (Å²) in [6, 6.07) is 18.0. The predicted octanol–water partition coefficient (Wildman–Crippen LogP) is 3.31. The van der Waals surface area contributed by atoms with Gasteiger partial charge in [-0.1, -0.05) is 24.3 Å². The second-order valence-corrected chi connectivity index (χ2v) is 7.79. The second-order valence-electron chi connectivity index (χ2n) is 7.79. The first kappa shape index (κ1) is 21.1. The molecule has 4 N–H and O–H groups in total. The number of carbonyl (C=O) groups excluding carboxylic acids is 1. The highest BCUT2D eigenvalue weighted by Crippen LogP contribution is 2.31. The van der Waals surface area contributed by atoms with E-state index in [1.807, 2.05) is 43.4 Å². The molecule has 1 amide bonds. The summed E-state index contributed by atoms with van der Waals surface area (Å²) in [7, 11) is 1.81. The van der Waals surface area contributed by atoms with Crippen molar-refractivity contribution >= 4 is 22.6 Å². The second kappa shape index (κ2) is 8.62. The van der Waals surface area contributed by atoms with Gasteiger partial charge in [-0.2, -0.15) is 5.10 Å². The number of carbonyl (C=O) groups is 1. The van der Waals surface area contributed by atoms with Crippen molar-refractivity contribution in [1.82, 2.24) is 30.0 Å². The lowest BCUT2D eigenvalue weighted by molar-refractivity contribution is 0.0946. The summed E-state index contributed by atoms with van der Waals surface area (Å²) >= 11 is 0. The number of benzene rings is 2. The minimum atomic E-state index is -0.450. The number of aryl methyl sites for hydroxylation is 1. The lowest BCUT2D eigenvalue weighted by Crippen LogP contribution is -2.25. The number of anilines is 1. The molecule has 0 saturated heterocycles. The van der Waals surface area contributed by atoms with Gasteiger partial charge in [0, 0.05) is 36.9 Å². The van der Waals surface area contributed by atoms with Crippen LogP contribution in [0.25, 0.3) is 33.5 Å². The maximum atomic E-state index is 13.0. The van der Waals surface area contributed by atoms with Gasteiger partial charge >= 0.3 is 0 Å². The van der Waals surface area contributed by atoms with Crippen LogP contribution in [0.1, 0.15) is 16.1 Å². The minimum Gasteiger partial charge on any atom is -0.508 e. The van der Waals surface area contributed by atoms with E-state index < -0.39 is 5.91 Å². The smallest absolute Gasteiger partial charge is 0.274 e. The standard InChI is InChI=1S/C25H21N7O2/c1-32-12-10-20(31-32)22-21(17-6-9-19-16(13-17)3-2-11-27-19)29-23(24(26)30-22)25(34)28-14-15-4-7-18(33)8-5-15/h2-13,33H,14H2,1H3,(H2,26,30)(H,28,34). The highest BCUT2D eigenvalue weighted by atomic mass is 16.3. The highest BCUT2D eigenvalue weighted by molar-refractivity contribution is 5.98. The third-order valence-corrected chi connectivity index (χ3v) is 5.36. The Morgan fingerprint density at radius 2 is 1.88 bits per heavy atom. The summed E-state index contributed by atoms with van der Waals surface area (Å²) in [6.45, 7) is 0.249. The molecular weight excluding hydrogens is 430 g/mol. The van der Waals surface area contributed by atoms with Crippen LogP contribution in [0, 0.1) is 0 Å². The molecule has 168 valence electrons. The van der Waals surface area contributed by atoms with Gasteiger partial charge in [0.1, 0.15) is 17.1 Å². The average molecular weight is 451 g/mol. The fourth-order valence-electron chi connectivity index (χ4n) is 3.64. The molecule has 0 radical (unpaired) electrons. The van der Waals surface area contributed by atoms with E-state index in [-0.39, 0.29) is 23.8 Å². The molecule has 9 heteroatoms. The van der Waals surface area contributed by atoms with Gasteiger partial charge in [-0.3, -0.25) is 14.5 Å². The Balaban J connectivity index is 1.56. The number of phenols is 1. The average Bonchev–Trinajstić information content (AvgIpc) is 3.29. The van der Waals surface area contributed by atoms with Crippen LogP contribution in [0.2, 0.25) is 0 Å². The van der Waals surface area contributed by atoms with Gasteiger partial charge in [0.15, 0.2) is 11.5 Å². The third kappa shape index (κ3) is 4.14. The monoisotopic (exact) mass is 451 g/mol. The molecular formula is C25H21N7O2. The molecule has 5 rings (SSSR count). The predicted molar refractivity (Wildman–Crippen MR) is 129 cm³/mol. The molecule has 3 heterocycles. The first-order valence-corrected chi connectivity index (χ1v) is 10.6. The fourth-order valence-corrected chi connectivity index (χ4v) is 3.64. The molecule has 2 aromatic carbocycles. The Morgan fingerprint density at radius 3 is 2.65 bits per heavy atom. The van der Waals surface area contributed by atoms with E-state index in [0.29, 0.717) is 17.1 Å². The Kier molecular flexibility index (Phi) is 5.35. The number of fused-ring (bicyclic) bond motifs is 1. The zero-order chi connectivity index (χ0) is 23.7. The van der Waals surface area contributed by atoms with E-state index in [9.17, 15) is 9.90 Å². The number of aromatic nitrogens is 5. The number of amides is 1. The van der Waals surface area contributed by atoms with Gasteiger partial charge in [0.05, 0.1) is 11.2 Å². The highest BCUT2D eigenvalue weighted by Gasteiger charge is 2.21. The SMILES string of the molecule is Cn1ccc(-c2nc(N)c(C(=O)NCc3ccc(O)cc3)nc2-c2ccc3ncccc3c2)n1. The lowest BCUT2D eigenvalue weighted by Gasteiger charge is -2.12. The number of nitrogens with zero attached hydrogens (tertiary/aromatic N) is 5. The van der Waals surface area contributed by atoms with Crippen LogP contribution in [-0.4, -0.2) is 35.7 Å². The zero-order valence-electron chi connectivity index (χ0n) is 18.3. The summed E-state index contributed by atoms with van der Waals surface area (Å²) in [5.41, 5.74) is 10.2. The molecule has 34 heavy (non-hydrogen) atoms. The van der Waals surface area contributed by atoms with Crippen molar-refractivity contribution in [2.45, 2.75) is 6.54 Å². The Labute approximate surface area is 194 Å². The molecule has 0 bridgehead atoms. The maximum absolute atomic E-state index is 13.0. The number of nitrogens with two attached hydrogens (primary N) is 1. The van der Waals surface area contributed by atoms with Crippen molar-refractivity contribution in [2.24, 2.45) is 7.05 Å². The van der Waals surface area contributed by atoms with E-state index in [2.05, 4.69) is 25.4 Å². The van der Waals surface area contributed by atoms with Crippen LogP contribution < -0.4 is 11.1 Å². The molecule has 3 aromatic heterocycles. The first-order chi connectivity index (χ1) is 16.5. The van der Waals surface area contributed by atoms with Crippen LogP contribution in [0.5, 0.6) is 5.75 Å². The van der Waals surface area contributed by atoms with Gasteiger partial charge in [0.25, 0.3) is 5.91 Å². The number of hydrogen-bond donors (Lipinski definition) is 3. The number of pyridine rings is 1. The normalized spacial score (nSPS) is 11.0. The zero-order valence-corrected chi connectivity index (χ0v) is 18.3. The maximum Gasteiger partial charge on any atom is 0.274 e. The molecule has 0 fully saturated rings. The number of aromatic hydroxyl groups is 1. The van der Waals surface area contributed by atoms with Crippen LogP contribution in [0.15, 0.2) is 73.1 Å². The number of nitrogen functional groups attached to an aromatic ring is 1. The molecule has 0 unspecified atom stereocenters. The number of phenolic OH excluding ortho intramolecular Hbond substituents is 1. The molecule has 9 nitrogen and oxygen atoms in total. The molecule has 0 saturated carbocycles. The topological polar surface area (TPSA) is 132 Å². The molecule has 0 aliphatic heterocycles. The largest absolute Gasteiger partial charge is 0.508 e. The van der Waals surface area contributed by atoms with Crippen molar-refractivity contribution in [2.75, 3.05) is 5.73 Å². The summed E-state index contributed by atoms with van der Waals surface area (Å²) in [5, 5.41) is 17.6. The first-order valence-electron chi connectivity index (χ1n) is 10.6. The Bertz CT molecular complexity index is 1510. The van der Waals surface area contributed by atoms with E-state index in [4.69, 9.17) is 5.73 Å². The summed E-state index contributed by atoms with van der Waals surface area (Å²) < 4.78 is 1.67. The lowest BCUT2D eigenvalue weighted by atomic mass is 10.0. The van der Waals surface area contributed by atoms with Crippen molar-refractivity contribution < 1.29 is 9.90 Å².